The van der Waals surface area contributed by atoms with Gasteiger partial charge in [0.15, 0.2) is 5.78 Å². The molecule has 1 aromatic heterocycles. The van der Waals surface area contributed by atoms with E-state index in [1.165, 1.54) is 32.1 Å². The van der Waals surface area contributed by atoms with Crippen LogP contribution < -0.4 is 0 Å². The smallest absolute Gasteiger partial charge is 0.152 e. The first-order chi connectivity index (χ1) is 9.33. The van der Waals surface area contributed by atoms with Gasteiger partial charge in [-0.15, -0.1) is 0 Å². The highest BCUT2D eigenvalue weighted by atomic mass is 16.1. The zero-order valence-corrected chi connectivity index (χ0v) is 11.2. The number of nitrogens with zero attached hydrogens (tertiary/aromatic N) is 2. The van der Waals surface area contributed by atoms with Gasteiger partial charge >= 0.3 is 0 Å². The van der Waals surface area contributed by atoms with Crippen molar-refractivity contribution in [3.63, 3.8) is 0 Å². The number of aromatic nitrogens is 2. The summed E-state index contributed by atoms with van der Waals surface area (Å²) in [5.41, 5.74) is 2.02. The number of hydrogen-bond donors (Lipinski definition) is 0. The van der Waals surface area contributed by atoms with E-state index in [0.717, 1.165) is 17.5 Å². The maximum Gasteiger partial charge on any atom is 0.152 e. The third-order valence-electron chi connectivity index (χ3n) is 4.12. The monoisotopic (exact) mass is 256 g/mol. The Kier molecular flexibility index (Phi) is 3.62. The lowest BCUT2D eigenvalue weighted by atomic mass is 9.86. The number of imidazole rings is 1. The summed E-state index contributed by atoms with van der Waals surface area (Å²) in [5.74, 6) is 0.964. The number of Topliss-reactive ketones (excluding diaryl/α,β-unsaturated/α-hetero) is 1. The van der Waals surface area contributed by atoms with E-state index in [-0.39, 0.29) is 0 Å². The van der Waals surface area contributed by atoms with Gasteiger partial charge in [0, 0.05) is 6.42 Å². The third kappa shape index (κ3) is 2.86. The number of hydrogen-bond acceptors (Lipinski definition) is 2. The van der Waals surface area contributed by atoms with Gasteiger partial charge in [0.2, 0.25) is 0 Å². The van der Waals surface area contributed by atoms with E-state index in [1.807, 2.05) is 28.8 Å². The molecule has 0 atom stereocenters. The molecule has 0 unspecified atom stereocenters. The van der Waals surface area contributed by atoms with Gasteiger partial charge < -0.3 is 4.57 Å². The molecule has 0 N–H and O–H groups in total. The summed E-state index contributed by atoms with van der Waals surface area (Å²) in [4.78, 5) is 16.5. The maximum atomic E-state index is 12.2. The number of carbonyl (C=O) groups is 1. The van der Waals surface area contributed by atoms with Crippen LogP contribution in [-0.4, -0.2) is 15.3 Å². The summed E-state index contributed by atoms with van der Waals surface area (Å²) in [6.07, 6.45) is 8.93. The fourth-order valence-corrected chi connectivity index (χ4v) is 3.10. The van der Waals surface area contributed by atoms with Crippen LogP contribution in [0.2, 0.25) is 0 Å². The molecule has 0 spiro atoms. The molecule has 2 aromatic rings. The normalized spacial score (nSPS) is 16.8. The van der Waals surface area contributed by atoms with Crippen molar-refractivity contribution < 1.29 is 4.79 Å². The molecule has 1 saturated carbocycles. The van der Waals surface area contributed by atoms with Crippen molar-refractivity contribution in [2.45, 2.75) is 45.1 Å². The van der Waals surface area contributed by atoms with Crippen molar-refractivity contribution >= 4 is 16.8 Å². The summed E-state index contributed by atoms with van der Waals surface area (Å²) in [6.45, 7) is 0.469. The van der Waals surface area contributed by atoms with Crippen LogP contribution in [0.1, 0.15) is 38.5 Å². The van der Waals surface area contributed by atoms with Gasteiger partial charge in [0.05, 0.1) is 23.9 Å². The van der Waals surface area contributed by atoms with Crippen LogP contribution in [0.4, 0.5) is 0 Å². The fraction of sp³-hybridized carbons (Fsp3) is 0.500. The van der Waals surface area contributed by atoms with Crippen LogP contribution in [0.3, 0.4) is 0 Å². The molecule has 100 valence electrons. The Morgan fingerprint density at radius 3 is 2.84 bits per heavy atom. The van der Waals surface area contributed by atoms with E-state index in [0.29, 0.717) is 18.2 Å². The number of para-hydroxylation sites is 2. The van der Waals surface area contributed by atoms with Crippen molar-refractivity contribution in [1.82, 2.24) is 9.55 Å². The number of rotatable bonds is 4. The number of carbonyl (C=O) groups excluding carboxylic acids is 1. The Morgan fingerprint density at radius 1 is 1.21 bits per heavy atom. The van der Waals surface area contributed by atoms with E-state index >= 15 is 0 Å². The van der Waals surface area contributed by atoms with E-state index in [4.69, 9.17) is 0 Å². The van der Waals surface area contributed by atoms with Crippen LogP contribution in [0.25, 0.3) is 11.0 Å². The Hall–Kier alpha value is -1.64. The first-order valence-electron chi connectivity index (χ1n) is 7.24. The topological polar surface area (TPSA) is 34.9 Å². The fourth-order valence-electron chi connectivity index (χ4n) is 3.10. The molecule has 3 nitrogen and oxygen atoms in total. The Morgan fingerprint density at radius 2 is 2.00 bits per heavy atom. The van der Waals surface area contributed by atoms with Gasteiger partial charge in [-0.3, -0.25) is 4.79 Å². The Balaban J connectivity index is 1.65. The molecule has 1 fully saturated rings. The van der Waals surface area contributed by atoms with Gasteiger partial charge in [0.25, 0.3) is 0 Å². The highest BCUT2D eigenvalue weighted by molar-refractivity contribution is 5.82. The summed E-state index contributed by atoms with van der Waals surface area (Å²) in [7, 11) is 0. The average Bonchev–Trinajstić information content (AvgIpc) is 2.83. The number of fused-ring (bicyclic) bond motifs is 1. The van der Waals surface area contributed by atoms with Crippen molar-refractivity contribution in [3.05, 3.63) is 30.6 Å². The molecule has 0 saturated heterocycles. The van der Waals surface area contributed by atoms with Gasteiger partial charge in [-0.1, -0.05) is 44.2 Å². The molecule has 1 aliphatic carbocycles. The highest BCUT2D eigenvalue weighted by Crippen LogP contribution is 2.26. The van der Waals surface area contributed by atoms with Crippen LogP contribution in [0.5, 0.6) is 0 Å². The molecular formula is C16H20N2O. The van der Waals surface area contributed by atoms with E-state index in [1.54, 1.807) is 6.33 Å². The molecule has 1 aliphatic rings. The van der Waals surface area contributed by atoms with Crippen LogP contribution >= 0.6 is 0 Å². The van der Waals surface area contributed by atoms with E-state index in [2.05, 4.69) is 4.98 Å². The minimum Gasteiger partial charge on any atom is -0.323 e. The second-order valence-corrected chi connectivity index (χ2v) is 5.61. The highest BCUT2D eigenvalue weighted by Gasteiger charge is 2.17. The van der Waals surface area contributed by atoms with Crippen LogP contribution in [-0.2, 0) is 11.3 Å². The SMILES string of the molecule is O=C(CC1CCCCC1)Cn1cnc2ccccc21. The Bertz CT molecular complexity index is 567. The average molecular weight is 256 g/mol. The second kappa shape index (κ2) is 5.55. The van der Waals surface area contributed by atoms with Gasteiger partial charge in [0.1, 0.15) is 0 Å². The first-order valence-corrected chi connectivity index (χ1v) is 7.24. The zero-order chi connectivity index (χ0) is 13.1. The molecule has 0 aliphatic heterocycles. The summed E-state index contributed by atoms with van der Waals surface area (Å²) >= 11 is 0. The van der Waals surface area contributed by atoms with Crippen molar-refractivity contribution in [1.29, 1.82) is 0 Å². The molecule has 1 aromatic carbocycles. The van der Waals surface area contributed by atoms with Crippen molar-refractivity contribution in [2.75, 3.05) is 0 Å². The molecule has 0 bridgehead atoms. The van der Waals surface area contributed by atoms with Crippen molar-refractivity contribution in [3.8, 4) is 0 Å². The summed E-state index contributed by atoms with van der Waals surface area (Å²) in [5, 5.41) is 0. The van der Waals surface area contributed by atoms with Gasteiger partial charge in [-0.2, -0.15) is 0 Å². The Labute approximate surface area is 113 Å². The van der Waals surface area contributed by atoms with Gasteiger partial charge in [-0.05, 0) is 18.1 Å². The van der Waals surface area contributed by atoms with Crippen LogP contribution in [0.15, 0.2) is 30.6 Å². The largest absolute Gasteiger partial charge is 0.323 e. The minimum atomic E-state index is 0.343. The molecule has 0 amide bonds. The minimum absolute atomic E-state index is 0.343. The summed E-state index contributed by atoms with van der Waals surface area (Å²) in [6, 6.07) is 7.98. The predicted molar refractivity (Wildman–Crippen MR) is 75.9 cm³/mol. The number of ketones is 1. The summed E-state index contributed by atoms with van der Waals surface area (Å²) < 4.78 is 1.97. The number of benzene rings is 1. The first kappa shape index (κ1) is 12.4. The van der Waals surface area contributed by atoms with Crippen LogP contribution in [0, 0.1) is 5.92 Å². The lowest BCUT2D eigenvalue weighted by molar-refractivity contribution is -0.120. The molecule has 19 heavy (non-hydrogen) atoms. The van der Waals surface area contributed by atoms with E-state index in [9.17, 15) is 4.79 Å². The maximum absolute atomic E-state index is 12.2. The molecule has 1 heterocycles. The third-order valence-corrected chi connectivity index (χ3v) is 4.12. The lowest BCUT2D eigenvalue weighted by Crippen LogP contribution is -2.16. The molecular weight excluding hydrogens is 236 g/mol. The molecule has 0 radical (unpaired) electrons. The lowest BCUT2D eigenvalue weighted by Gasteiger charge is -2.20. The van der Waals surface area contributed by atoms with Crippen molar-refractivity contribution in [2.24, 2.45) is 5.92 Å². The second-order valence-electron chi connectivity index (χ2n) is 5.61. The van der Waals surface area contributed by atoms with Gasteiger partial charge in [-0.25, -0.2) is 4.98 Å². The quantitative estimate of drug-likeness (QED) is 0.838. The molecule has 3 heteroatoms. The predicted octanol–water partition coefficient (Wildman–Crippen LogP) is 3.58. The zero-order valence-electron chi connectivity index (χ0n) is 11.2. The standard InChI is InChI=1S/C16H20N2O/c19-14(10-13-6-2-1-3-7-13)11-18-12-17-15-8-4-5-9-16(15)18/h4-5,8-9,12-13H,1-3,6-7,10-11H2. The molecule has 3 rings (SSSR count). The van der Waals surface area contributed by atoms with E-state index < -0.39 is 0 Å².